The van der Waals surface area contributed by atoms with Gasteiger partial charge < -0.3 is 5.73 Å². The van der Waals surface area contributed by atoms with Crippen molar-refractivity contribution in [3.63, 3.8) is 0 Å². The summed E-state index contributed by atoms with van der Waals surface area (Å²) in [7, 11) is 1.66. The fourth-order valence-corrected chi connectivity index (χ4v) is 5.95. The van der Waals surface area contributed by atoms with Gasteiger partial charge in [-0.2, -0.15) is 5.26 Å². The smallest absolute Gasteiger partial charge is 0.239 e. The molecule has 7 heteroatoms. The van der Waals surface area contributed by atoms with E-state index in [2.05, 4.69) is 22.0 Å². The standard InChI is InChI=1S/C21H21BrN4OS/c1-12-10-15(22)28-17(12)20(2)16(18(27)26(3)19(24)25-20)13-4-6-14(7-5-13)21(11-23)8-9-21/h4-7,10,16H,8-9H2,1-3H3,(H2,24,25)/t16?,20-/m0/s1. The Kier molecular flexibility index (Phi) is 4.40. The second-order valence-corrected chi connectivity index (χ2v) is 10.3. The van der Waals surface area contributed by atoms with Crippen molar-refractivity contribution < 1.29 is 4.79 Å². The number of nitrogens with zero attached hydrogens (tertiary/aromatic N) is 3. The molecule has 0 radical (unpaired) electrons. The van der Waals surface area contributed by atoms with Crippen LogP contribution in [0.4, 0.5) is 0 Å². The second-order valence-electron chi connectivity index (χ2n) is 7.83. The highest BCUT2D eigenvalue weighted by atomic mass is 79.9. The Balaban J connectivity index is 1.84. The number of aryl methyl sites for hydroxylation is 1. The number of carbonyl (C=O) groups excluding carboxylic acids is 1. The summed E-state index contributed by atoms with van der Waals surface area (Å²) in [6, 6.07) is 12.4. The molecule has 1 aromatic carbocycles. The molecule has 0 spiro atoms. The normalized spacial score (nSPS) is 26.0. The van der Waals surface area contributed by atoms with Gasteiger partial charge in [0.25, 0.3) is 0 Å². The van der Waals surface area contributed by atoms with Gasteiger partial charge in [-0.3, -0.25) is 9.69 Å². The van der Waals surface area contributed by atoms with Crippen molar-refractivity contribution in [2.75, 3.05) is 7.05 Å². The summed E-state index contributed by atoms with van der Waals surface area (Å²) in [5.41, 5.74) is 7.96. The zero-order chi connectivity index (χ0) is 20.3. The topological polar surface area (TPSA) is 82.5 Å². The van der Waals surface area contributed by atoms with Gasteiger partial charge in [0.05, 0.1) is 21.2 Å². The molecule has 4 rings (SSSR count). The molecule has 1 aliphatic heterocycles. The largest absolute Gasteiger partial charge is 0.369 e. The number of carbonyl (C=O) groups is 1. The van der Waals surface area contributed by atoms with Crippen LogP contribution in [0.25, 0.3) is 0 Å². The molecule has 5 nitrogen and oxygen atoms in total. The molecule has 2 atom stereocenters. The van der Waals surface area contributed by atoms with Crippen molar-refractivity contribution in [3.05, 3.63) is 55.7 Å². The van der Waals surface area contributed by atoms with E-state index in [1.54, 1.807) is 18.4 Å². The van der Waals surface area contributed by atoms with Gasteiger partial charge >= 0.3 is 0 Å². The van der Waals surface area contributed by atoms with Gasteiger partial charge in [-0.25, -0.2) is 4.99 Å². The molecule has 1 unspecified atom stereocenters. The van der Waals surface area contributed by atoms with Crippen LogP contribution in [0.1, 0.15) is 47.3 Å². The number of hydrogen-bond acceptors (Lipinski definition) is 5. The van der Waals surface area contributed by atoms with Gasteiger partial charge in [0.15, 0.2) is 5.96 Å². The van der Waals surface area contributed by atoms with E-state index in [9.17, 15) is 10.1 Å². The maximum atomic E-state index is 13.3. The molecular formula is C21H21BrN4OS. The lowest BCUT2D eigenvalue weighted by molar-refractivity contribution is -0.130. The zero-order valence-electron chi connectivity index (χ0n) is 16.0. The molecule has 2 heterocycles. The molecule has 1 aliphatic carbocycles. The van der Waals surface area contributed by atoms with Crippen LogP contribution in [-0.2, 0) is 15.7 Å². The van der Waals surface area contributed by atoms with Gasteiger partial charge in [-0.15, -0.1) is 11.3 Å². The fourth-order valence-electron chi connectivity index (χ4n) is 4.10. The van der Waals surface area contributed by atoms with Gasteiger partial charge in [0.1, 0.15) is 5.54 Å². The van der Waals surface area contributed by atoms with Crippen LogP contribution in [0, 0.1) is 18.3 Å². The first-order valence-electron chi connectivity index (χ1n) is 9.13. The average molecular weight is 457 g/mol. The lowest BCUT2D eigenvalue weighted by atomic mass is 9.76. The van der Waals surface area contributed by atoms with Crippen LogP contribution in [0.3, 0.4) is 0 Å². The number of hydrogen-bond donors (Lipinski definition) is 1. The summed E-state index contributed by atoms with van der Waals surface area (Å²) < 4.78 is 1.00. The fraction of sp³-hybridized carbons (Fsp3) is 0.381. The van der Waals surface area contributed by atoms with Crippen LogP contribution in [0.15, 0.2) is 39.1 Å². The Morgan fingerprint density at radius 1 is 1.36 bits per heavy atom. The van der Waals surface area contributed by atoms with Crippen molar-refractivity contribution >= 4 is 39.1 Å². The van der Waals surface area contributed by atoms with E-state index in [-0.39, 0.29) is 17.3 Å². The van der Waals surface area contributed by atoms with Crippen molar-refractivity contribution in [2.24, 2.45) is 10.7 Å². The van der Waals surface area contributed by atoms with Crippen molar-refractivity contribution in [1.82, 2.24) is 4.90 Å². The number of nitriles is 1. The van der Waals surface area contributed by atoms with Crippen molar-refractivity contribution in [2.45, 2.75) is 43.6 Å². The van der Waals surface area contributed by atoms with Crippen LogP contribution in [-0.4, -0.2) is 23.8 Å². The molecule has 1 amide bonds. The van der Waals surface area contributed by atoms with Crippen molar-refractivity contribution in [3.8, 4) is 6.07 Å². The number of amides is 1. The van der Waals surface area contributed by atoms with E-state index in [0.29, 0.717) is 0 Å². The van der Waals surface area contributed by atoms with Crippen LogP contribution in [0.5, 0.6) is 0 Å². The summed E-state index contributed by atoms with van der Waals surface area (Å²) in [5, 5.41) is 9.45. The summed E-state index contributed by atoms with van der Waals surface area (Å²) in [6.07, 6.45) is 1.80. The Hall–Kier alpha value is -2.17. The van der Waals surface area contributed by atoms with Gasteiger partial charge in [0, 0.05) is 11.9 Å². The average Bonchev–Trinajstić information content (AvgIpc) is 3.38. The second kappa shape index (κ2) is 6.43. The number of benzene rings is 1. The molecule has 1 aromatic heterocycles. The van der Waals surface area contributed by atoms with Crippen LogP contribution >= 0.6 is 27.3 Å². The Morgan fingerprint density at radius 2 is 2.00 bits per heavy atom. The number of guanidine groups is 1. The maximum absolute atomic E-state index is 13.3. The monoisotopic (exact) mass is 456 g/mol. The molecule has 1 fully saturated rings. The Labute approximate surface area is 177 Å². The molecule has 0 saturated heterocycles. The first kappa shape index (κ1) is 19.2. The summed E-state index contributed by atoms with van der Waals surface area (Å²) >= 11 is 5.14. The third kappa shape index (κ3) is 2.78. The highest BCUT2D eigenvalue weighted by Crippen LogP contribution is 2.50. The quantitative estimate of drug-likeness (QED) is 0.752. The molecule has 2 aliphatic rings. The van der Waals surface area contributed by atoms with E-state index in [1.165, 1.54) is 4.90 Å². The number of rotatable bonds is 3. The van der Waals surface area contributed by atoms with Gasteiger partial charge in [-0.05, 0) is 65.4 Å². The van der Waals surface area contributed by atoms with E-state index in [0.717, 1.165) is 38.2 Å². The summed E-state index contributed by atoms with van der Waals surface area (Å²) in [4.78, 5) is 20.5. The summed E-state index contributed by atoms with van der Waals surface area (Å²) in [6.45, 7) is 4.01. The van der Waals surface area contributed by atoms with E-state index < -0.39 is 11.5 Å². The minimum absolute atomic E-state index is 0.0758. The van der Waals surface area contributed by atoms with E-state index in [1.807, 2.05) is 44.2 Å². The zero-order valence-corrected chi connectivity index (χ0v) is 18.4. The number of aliphatic imine (C=N–C) groups is 1. The minimum Gasteiger partial charge on any atom is -0.369 e. The molecule has 28 heavy (non-hydrogen) atoms. The van der Waals surface area contributed by atoms with E-state index in [4.69, 9.17) is 10.7 Å². The Bertz CT molecular complexity index is 1030. The number of likely N-dealkylation sites (N-methyl/N-ethyl adjacent to an activating group) is 1. The number of nitrogens with two attached hydrogens (primary N) is 1. The van der Waals surface area contributed by atoms with E-state index >= 15 is 0 Å². The first-order chi connectivity index (χ1) is 13.2. The van der Waals surface area contributed by atoms with Crippen molar-refractivity contribution in [1.29, 1.82) is 5.26 Å². The molecule has 2 aromatic rings. The highest BCUT2D eigenvalue weighted by Gasteiger charge is 2.49. The maximum Gasteiger partial charge on any atom is 0.239 e. The predicted octanol–water partition coefficient (Wildman–Crippen LogP) is 4.16. The molecular weight excluding hydrogens is 436 g/mol. The number of thiophene rings is 1. The van der Waals surface area contributed by atoms with Crippen LogP contribution in [0.2, 0.25) is 0 Å². The molecule has 144 valence electrons. The lowest BCUT2D eigenvalue weighted by Gasteiger charge is -2.40. The lowest BCUT2D eigenvalue weighted by Crippen LogP contribution is -2.52. The summed E-state index contributed by atoms with van der Waals surface area (Å²) in [5.74, 6) is -0.334. The van der Waals surface area contributed by atoms with Gasteiger partial charge in [-0.1, -0.05) is 24.3 Å². The molecule has 1 saturated carbocycles. The minimum atomic E-state index is -0.789. The molecule has 2 N–H and O–H groups in total. The SMILES string of the molecule is Cc1cc(Br)sc1[C@@]1(C)N=C(N)N(C)C(=O)C1c1ccc(C2(C#N)CC2)cc1. The van der Waals surface area contributed by atoms with Crippen LogP contribution < -0.4 is 5.73 Å². The molecule has 0 bridgehead atoms. The number of halogens is 1. The third-order valence-electron chi connectivity index (χ3n) is 5.94. The third-order valence-corrected chi connectivity index (χ3v) is 7.90. The Morgan fingerprint density at radius 3 is 2.50 bits per heavy atom. The predicted molar refractivity (Wildman–Crippen MR) is 114 cm³/mol. The highest BCUT2D eigenvalue weighted by molar-refractivity contribution is 9.11. The van der Waals surface area contributed by atoms with Gasteiger partial charge in [0.2, 0.25) is 5.91 Å². The first-order valence-corrected chi connectivity index (χ1v) is 10.7.